The first-order valence-electron chi connectivity index (χ1n) is 3.18. The third-order valence-electron chi connectivity index (χ3n) is 1.60. The van der Waals surface area contributed by atoms with Crippen LogP contribution in [0.3, 0.4) is 0 Å². The third-order valence-corrected chi connectivity index (χ3v) is 1.60. The van der Waals surface area contributed by atoms with Gasteiger partial charge in [-0.25, -0.2) is 0 Å². The zero-order valence-corrected chi connectivity index (χ0v) is 5.68. The van der Waals surface area contributed by atoms with Gasteiger partial charge in [-0.15, -0.1) is 0 Å². The predicted molar refractivity (Wildman–Crippen MR) is 39.7 cm³/mol. The molecule has 1 aromatic heterocycles. The van der Waals surface area contributed by atoms with Crippen LogP contribution in [0.1, 0.15) is 5.56 Å². The highest BCUT2D eigenvalue weighted by Crippen LogP contribution is 2.12. The van der Waals surface area contributed by atoms with Crippen molar-refractivity contribution in [3.05, 3.63) is 30.0 Å². The summed E-state index contributed by atoms with van der Waals surface area (Å²) >= 11 is 0. The highest BCUT2D eigenvalue weighted by molar-refractivity contribution is 5.80. The minimum atomic E-state index is 1.11. The summed E-state index contributed by atoms with van der Waals surface area (Å²) in [4.78, 5) is 0. The molecule has 0 saturated carbocycles. The van der Waals surface area contributed by atoms with E-state index in [0.717, 1.165) is 10.9 Å². The first kappa shape index (κ1) is 5.47. The first-order chi connectivity index (χ1) is 4.88. The van der Waals surface area contributed by atoms with Crippen LogP contribution in [-0.4, -0.2) is 10.2 Å². The Hall–Kier alpha value is -1.31. The smallest absolute Gasteiger partial charge is 0.0679 e. The van der Waals surface area contributed by atoms with E-state index in [2.05, 4.69) is 16.3 Å². The quantitative estimate of drug-likeness (QED) is 0.578. The van der Waals surface area contributed by atoms with Crippen LogP contribution in [0.5, 0.6) is 0 Å². The van der Waals surface area contributed by atoms with Crippen LogP contribution < -0.4 is 0 Å². The number of hydrogen-bond acceptors (Lipinski definition) is 1. The number of nitrogens with zero attached hydrogens (tertiary/aromatic N) is 1. The van der Waals surface area contributed by atoms with Crippen LogP contribution in [0, 0.1) is 13.0 Å². The Morgan fingerprint density at radius 3 is 3.20 bits per heavy atom. The summed E-state index contributed by atoms with van der Waals surface area (Å²) < 4.78 is 0. The van der Waals surface area contributed by atoms with Gasteiger partial charge in [0.1, 0.15) is 0 Å². The third kappa shape index (κ3) is 0.620. The summed E-state index contributed by atoms with van der Waals surface area (Å²) in [6.07, 6.45) is 1.80. The number of nitrogens with one attached hydrogen (secondary N) is 1. The maximum Gasteiger partial charge on any atom is 0.0679 e. The van der Waals surface area contributed by atoms with Crippen LogP contribution in [0.15, 0.2) is 18.3 Å². The average Bonchev–Trinajstić information content (AvgIpc) is 2.36. The van der Waals surface area contributed by atoms with E-state index in [1.54, 1.807) is 6.20 Å². The summed E-state index contributed by atoms with van der Waals surface area (Å²) in [5, 5.41) is 7.96. The molecule has 0 aliphatic carbocycles. The molecule has 0 aliphatic rings. The van der Waals surface area contributed by atoms with Crippen molar-refractivity contribution in [3.8, 4) is 0 Å². The van der Waals surface area contributed by atoms with Gasteiger partial charge in [-0.3, -0.25) is 5.10 Å². The molecule has 0 bridgehead atoms. The number of hydrogen-bond donors (Lipinski definition) is 1. The Morgan fingerprint density at radius 2 is 2.40 bits per heavy atom. The van der Waals surface area contributed by atoms with Gasteiger partial charge in [0.2, 0.25) is 0 Å². The molecule has 0 fully saturated rings. The molecule has 1 radical (unpaired) electrons. The molecule has 10 heavy (non-hydrogen) atoms. The van der Waals surface area contributed by atoms with E-state index < -0.39 is 0 Å². The molecule has 0 saturated heterocycles. The van der Waals surface area contributed by atoms with Crippen LogP contribution in [0.2, 0.25) is 0 Å². The molecule has 2 heteroatoms. The van der Waals surface area contributed by atoms with Crippen molar-refractivity contribution in [2.24, 2.45) is 0 Å². The fraction of sp³-hybridized carbons (Fsp3) is 0.125. The number of rotatable bonds is 0. The normalized spacial score (nSPS) is 10.5. The minimum Gasteiger partial charge on any atom is -0.278 e. The minimum absolute atomic E-state index is 1.11. The number of aromatic nitrogens is 2. The van der Waals surface area contributed by atoms with E-state index in [9.17, 15) is 0 Å². The number of benzene rings is 1. The largest absolute Gasteiger partial charge is 0.278 e. The Balaban J connectivity index is 2.95. The molecular formula is C8H7N2. The van der Waals surface area contributed by atoms with Crippen LogP contribution in [-0.2, 0) is 0 Å². The lowest BCUT2D eigenvalue weighted by Gasteiger charge is -1.90. The molecule has 0 amide bonds. The number of aryl methyl sites for hydroxylation is 1. The Labute approximate surface area is 58.9 Å². The van der Waals surface area contributed by atoms with E-state index in [4.69, 9.17) is 0 Å². The topological polar surface area (TPSA) is 28.7 Å². The zero-order chi connectivity index (χ0) is 6.97. The first-order valence-corrected chi connectivity index (χ1v) is 3.18. The lowest BCUT2D eigenvalue weighted by Crippen LogP contribution is -1.74. The highest BCUT2D eigenvalue weighted by Gasteiger charge is 1.95. The molecule has 1 N–H and O–H groups in total. The van der Waals surface area contributed by atoms with Gasteiger partial charge >= 0.3 is 0 Å². The lowest BCUT2D eigenvalue weighted by atomic mass is 10.2. The molecule has 1 heterocycles. The summed E-state index contributed by atoms with van der Waals surface area (Å²) in [5.41, 5.74) is 2.30. The van der Waals surface area contributed by atoms with E-state index in [1.807, 2.05) is 19.1 Å². The molecule has 0 aliphatic heterocycles. The summed E-state index contributed by atoms with van der Waals surface area (Å²) in [6, 6.07) is 6.90. The van der Waals surface area contributed by atoms with Gasteiger partial charge < -0.3 is 0 Å². The van der Waals surface area contributed by atoms with E-state index in [0.29, 0.717) is 0 Å². The maximum atomic E-state index is 3.92. The maximum absolute atomic E-state index is 3.92. The molecule has 1 aromatic carbocycles. The molecule has 2 rings (SSSR count). The zero-order valence-electron chi connectivity index (χ0n) is 5.68. The van der Waals surface area contributed by atoms with Gasteiger partial charge in [0.25, 0.3) is 0 Å². The Morgan fingerprint density at radius 1 is 1.50 bits per heavy atom. The molecule has 0 spiro atoms. The van der Waals surface area contributed by atoms with E-state index in [-0.39, 0.29) is 0 Å². The second-order valence-electron chi connectivity index (χ2n) is 2.34. The fourth-order valence-corrected chi connectivity index (χ4v) is 1.05. The average molecular weight is 131 g/mol. The molecular weight excluding hydrogens is 124 g/mol. The van der Waals surface area contributed by atoms with Crippen LogP contribution in [0.25, 0.3) is 10.9 Å². The van der Waals surface area contributed by atoms with Crippen molar-refractivity contribution in [2.45, 2.75) is 6.92 Å². The van der Waals surface area contributed by atoms with Gasteiger partial charge in [0.15, 0.2) is 0 Å². The Bertz CT molecular complexity index is 349. The highest BCUT2D eigenvalue weighted by atomic mass is 15.1. The number of aromatic amines is 1. The van der Waals surface area contributed by atoms with E-state index >= 15 is 0 Å². The van der Waals surface area contributed by atoms with Crippen LogP contribution in [0.4, 0.5) is 0 Å². The Kier molecular flexibility index (Phi) is 1.01. The SMILES string of the molecule is Cc1c[c]cc2cn[nH]c12. The van der Waals surface area contributed by atoms with Gasteiger partial charge in [0, 0.05) is 5.39 Å². The van der Waals surface area contributed by atoms with Crippen molar-refractivity contribution in [1.82, 2.24) is 10.2 Å². The molecule has 2 aromatic rings. The van der Waals surface area contributed by atoms with Gasteiger partial charge in [-0.05, 0) is 30.7 Å². The molecule has 0 unspecified atom stereocenters. The number of fused-ring (bicyclic) bond motifs is 1. The second kappa shape index (κ2) is 1.84. The summed E-state index contributed by atoms with van der Waals surface area (Å²) in [7, 11) is 0. The number of H-pyrrole nitrogens is 1. The summed E-state index contributed by atoms with van der Waals surface area (Å²) in [6.45, 7) is 2.04. The van der Waals surface area contributed by atoms with E-state index in [1.165, 1.54) is 5.56 Å². The van der Waals surface area contributed by atoms with Crippen molar-refractivity contribution in [2.75, 3.05) is 0 Å². The van der Waals surface area contributed by atoms with Crippen molar-refractivity contribution in [1.29, 1.82) is 0 Å². The van der Waals surface area contributed by atoms with Gasteiger partial charge in [0.05, 0.1) is 11.7 Å². The molecule has 0 atom stereocenters. The van der Waals surface area contributed by atoms with Crippen molar-refractivity contribution in [3.63, 3.8) is 0 Å². The standard InChI is InChI=1S/C8H7N2/c1-6-3-2-4-7-5-9-10-8(6)7/h3-5H,1H3,(H,9,10). The van der Waals surface area contributed by atoms with Gasteiger partial charge in [-0.1, -0.05) is 0 Å². The predicted octanol–water partition coefficient (Wildman–Crippen LogP) is 1.67. The summed E-state index contributed by atoms with van der Waals surface area (Å²) in [5.74, 6) is 0. The lowest BCUT2D eigenvalue weighted by molar-refractivity contribution is 1.11. The second-order valence-corrected chi connectivity index (χ2v) is 2.34. The van der Waals surface area contributed by atoms with Crippen LogP contribution >= 0.6 is 0 Å². The molecule has 2 nitrogen and oxygen atoms in total. The fourth-order valence-electron chi connectivity index (χ4n) is 1.05. The monoisotopic (exact) mass is 131 g/mol. The molecule has 49 valence electrons. The van der Waals surface area contributed by atoms with Crippen molar-refractivity contribution < 1.29 is 0 Å². The van der Waals surface area contributed by atoms with Gasteiger partial charge in [-0.2, -0.15) is 5.10 Å². The van der Waals surface area contributed by atoms with Crippen molar-refractivity contribution >= 4 is 10.9 Å².